The molecule has 0 bridgehead atoms. The molecule has 4 nitrogen and oxygen atoms in total. The number of rotatable bonds is 4. The minimum absolute atomic E-state index is 0.206. The molecule has 24 heavy (non-hydrogen) atoms. The van der Waals surface area contributed by atoms with E-state index in [0.717, 1.165) is 22.3 Å². The Bertz CT molecular complexity index is 836. The lowest BCUT2D eigenvalue weighted by Crippen LogP contribution is -2.17. The molecule has 2 aromatic carbocycles. The highest BCUT2D eigenvalue weighted by atomic mass is 16.2. The maximum absolute atomic E-state index is 12.3. The van der Waals surface area contributed by atoms with Gasteiger partial charge in [-0.2, -0.15) is 0 Å². The van der Waals surface area contributed by atoms with Crippen LogP contribution >= 0.6 is 0 Å². The summed E-state index contributed by atoms with van der Waals surface area (Å²) in [6.45, 7) is 7.79. The van der Waals surface area contributed by atoms with Gasteiger partial charge in [0.25, 0.3) is 0 Å². The Morgan fingerprint density at radius 3 is 2.21 bits per heavy atom. The number of benzene rings is 2. The maximum Gasteiger partial charge on any atom is 0.249 e. The van der Waals surface area contributed by atoms with E-state index in [1.165, 1.54) is 6.08 Å². The fourth-order valence-corrected chi connectivity index (χ4v) is 2.44. The standard InChI is InChI=1S/C20H22N2O2/c1-12-5-6-14(3)17(9-12)18(20(21)24)11-19(23)22-16-8-7-13(2)15(4)10-16/h5-11H,1-4H3,(H2,21,24)(H,22,23)/b18-11-. The highest BCUT2D eigenvalue weighted by molar-refractivity contribution is 6.24. The van der Waals surface area contributed by atoms with Gasteiger partial charge in [-0.25, -0.2) is 0 Å². The van der Waals surface area contributed by atoms with E-state index in [-0.39, 0.29) is 11.5 Å². The average Bonchev–Trinajstić information content (AvgIpc) is 2.51. The van der Waals surface area contributed by atoms with Crippen molar-refractivity contribution in [3.05, 3.63) is 70.3 Å². The van der Waals surface area contributed by atoms with Gasteiger partial charge in [0.05, 0.1) is 5.57 Å². The maximum atomic E-state index is 12.3. The van der Waals surface area contributed by atoms with Gasteiger partial charge in [-0.15, -0.1) is 0 Å². The molecule has 3 N–H and O–H groups in total. The molecule has 0 aliphatic rings. The minimum atomic E-state index is -0.626. The van der Waals surface area contributed by atoms with Crippen LogP contribution in [0.15, 0.2) is 42.5 Å². The van der Waals surface area contributed by atoms with E-state index in [9.17, 15) is 9.59 Å². The van der Waals surface area contributed by atoms with Crippen LogP contribution in [-0.4, -0.2) is 11.8 Å². The number of anilines is 1. The molecule has 2 rings (SSSR count). The molecule has 0 saturated carbocycles. The Balaban J connectivity index is 2.33. The van der Waals surface area contributed by atoms with Crippen LogP contribution in [0.5, 0.6) is 0 Å². The number of carbonyl (C=O) groups is 2. The Kier molecular flexibility index (Phi) is 5.19. The molecular weight excluding hydrogens is 300 g/mol. The molecule has 124 valence electrons. The average molecular weight is 322 g/mol. The predicted molar refractivity (Wildman–Crippen MR) is 97.6 cm³/mol. The largest absolute Gasteiger partial charge is 0.366 e. The van der Waals surface area contributed by atoms with Crippen molar-refractivity contribution in [2.24, 2.45) is 5.73 Å². The second-order valence-corrected chi connectivity index (χ2v) is 6.03. The highest BCUT2D eigenvalue weighted by Crippen LogP contribution is 2.21. The highest BCUT2D eigenvalue weighted by Gasteiger charge is 2.13. The summed E-state index contributed by atoms with van der Waals surface area (Å²) < 4.78 is 0. The van der Waals surface area contributed by atoms with Crippen molar-refractivity contribution in [3.8, 4) is 0 Å². The topological polar surface area (TPSA) is 72.2 Å². The summed E-state index contributed by atoms with van der Waals surface area (Å²) in [7, 11) is 0. The molecule has 0 heterocycles. The molecule has 2 aromatic rings. The molecule has 0 unspecified atom stereocenters. The molecule has 0 fully saturated rings. The Hall–Kier alpha value is -2.88. The lowest BCUT2D eigenvalue weighted by atomic mass is 9.97. The summed E-state index contributed by atoms with van der Waals surface area (Å²) in [6, 6.07) is 11.4. The molecule has 0 aliphatic carbocycles. The number of hydrogen-bond donors (Lipinski definition) is 2. The predicted octanol–water partition coefficient (Wildman–Crippen LogP) is 3.43. The number of hydrogen-bond acceptors (Lipinski definition) is 2. The van der Waals surface area contributed by atoms with Crippen molar-refractivity contribution in [3.63, 3.8) is 0 Å². The van der Waals surface area contributed by atoms with Crippen molar-refractivity contribution in [2.45, 2.75) is 27.7 Å². The van der Waals surface area contributed by atoms with Gasteiger partial charge in [-0.1, -0.05) is 29.8 Å². The number of primary amides is 1. The van der Waals surface area contributed by atoms with Crippen LogP contribution in [0.1, 0.15) is 27.8 Å². The van der Waals surface area contributed by atoms with Crippen LogP contribution in [0, 0.1) is 27.7 Å². The van der Waals surface area contributed by atoms with E-state index in [1.54, 1.807) is 0 Å². The number of aryl methyl sites for hydroxylation is 4. The van der Waals surface area contributed by atoms with Gasteiger partial charge in [0.2, 0.25) is 11.8 Å². The normalized spacial score (nSPS) is 11.2. The monoisotopic (exact) mass is 322 g/mol. The molecule has 0 saturated heterocycles. The van der Waals surface area contributed by atoms with Crippen LogP contribution < -0.4 is 11.1 Å². The van der Waals surface area contributed by atoms with Gasteiger partial charge < -0.3 is 11.1 Å². The first-order chi connectivity index (χ1) is 11.3. The molecule has 0 atom stereocenters. The summed E-state index contributed by atoms with van der Waals surface area (Å²) in [5, 5.41) is 2.78. The van der Waals surface area contributed by atoms with E-state index in [0.29, 0.717) is 11.3 Å². The van der Waals surface area contributed by atoms with E-state index in [2.05, 4.69) is 5.32 Å². The van der Waals surface area contributed by atoms with Crippen molar-refractivity contribution < 1.29 is 9.59 Å². The molecule has 2 amide bonds. The third-order valence-electron chi connectivity index (χ3n) is 4.00. The first-order valence-corrected chi connectivity index (χ1v) is 7.75. The van der Waals surface area contributed by atoms with Gasteiger partial charge in [-0.05, 0) is 62.1 Å². The summed E-state index contributed by atoms with van der Waals surface area (Å²) in [5.74, 6) is -1.01. The second kappa shape index (κ2) is 7.13. The summed E-state index contributed by atoms with van der Waals surface area (Å²) >= 11 is 0. The van der Waals surface area contributed by atoms with Crippen LogP contribution in [0.2, 0.25) is 0 Å². The number of amides is 2. The molecule has 0 aliphatic heterocycles. The third kappa shape index (κ3) is 4.10. The molecular formula is C20H22N2O2. The molecule has 0 aromatic heterocycles. The zero-order valence-corrected chi connectivity index (χ0v) is 14.4. The lowest BCUT2D eigenvalue weighted by Gasteiger charge is -2.10. The fourth-order valence-electron chi connectivity index (χ4n) is 2.44. The zero-order valence-electron chi connectivity index (χ0n) is 14.4. The van der Waals surface area contributed by atoms with Gasteiger partial charge >= 0.3 is 0 Å². The van der Waals surface area contributed by atoms with Crippen molar-refractivity contribution in [1.29, 1.82) is 0 Å². The second-order valence-electron chi connectivity index (χ2n) is 6.03. The minimum Gasteiger partial charge on any atom is -0.366 e. The SMILES string of the molecule is Cc1ccc(C)c(/C(=C/C(=O)Nc2ccc(C)c(C)c2)C(N)=O)c1. The van der Waals surface area contributed by atoms with Crippen molar-refractivity contribution >= 4 is 23.1 Å². The van der Waals surface area contributed by atoms with E-state index in [1.807, 2.05) is 64.1 Å². The summed E-state index contributed by atoms with van der Waals surface area (Å²) in [4.78, 5) is 24.1. The number of nitrogens with one attached hydrogen (secondary N) is 1. The Morgan fingerprint density at radius 1 is 0.917 bits per heavy atom. The number of nitrogens with two attached hydrogens (primary N) is 1. The molecule has 4 heteroatoms. The van der Waals surface area contributed by atoms with Crippen LogP contribution in [0.25, 0.3) is 5.57 Å². The third-order valence-corrected chi connectivity index (χ3v) is 4.00. The van der Waals surface area contributed by atoms with Crippen LogP contribution in [0.3, 0.4) is 0 Å². The molecule has 0 spiro atoms. The lowest BCUT2D eigenvalue weighted by molar-refractivity contribution is -0.114. The van der Waals surface area contributed by atoms with E-state index >= 15 is 0 Å². The van der Waals surface area contributed by atoms with E-state index < -0.39 is 5.91 Å². The molecule has 0 radical (unpaired) electrons. The van der Waals surface area contributed by atoms with E-state index in [4.69, 9.17) is 5.73 Å². The van der Waals surface area contributed by atoms with Gasteiger partial charge in [0.1, 0.15) is 0 Å². The fraction of sp³-hybridized carbons (Fsp3) is 0.200. The number of carbonyl (C=O) groups excluding carboxylic acids is 2. The first kappa shape index (κ1) is 17.5. The van der Waals surface area contributed by atoms with Crippen molar-refractivity contribution in [1.82, 2.24) is 0 Å². The van der Waals surface area contributed by atoms with Crippen LogP contribution in [-0.2, 0) is 9.59 Å². The Morgan fingerprint density at radius 2 is 1.58 bits per heavy atom. The van der Waals surface area contributed by atoms with Gasteiger partial charge in [0, 0.05) is 11.8 Å². The first-order valence-electron chi connectivity index (χ1n) is 7.75. The zero-order chi connectivity index (χ0) is 17.9. The summed E-state index contributed by atoms with van der Waals surface area (Å²) in [5.41, 5.74) is 11.2. The summed E-state index contributed by atoms with van der Waals surface area (Å²) in [6.07, 6.45) is 1.26. The van der Waals surface area contributed by atoms with Gasteiger partial charge in [-0.3, -0.25) is 9.59 Å². The Labute approximate surface area is 142 Å². The smallest absolute Gasteiger partial charge is 0.249 e. The quantitative estimate of drug-likeness (QED) is 0.847. The van der Waals surface area contributed by atoms with Gasteiger partial charge in [0.15, 0.2) is 0 Å². The van der Waals surface area contributed by atoms with Crippen molar-refractivity contribution in [2.75, 3.05) is 5.32 Å². The van der Waals surface area contributed by atoms with Crippen LogP contribution in [0.4, 0.5) is 5.69 Å².